The highest BCUT2D eigenvalue weighted by Gasteiger charge is 2.16. The van der Waals surface area contributed by atoms with E-state index in [1.807, 2.05) is 30.3 Å². The first-order valence-corrected chi connectivity index (χ1v) is 8.28. The second kappa shape index (κ2) is 7.93. The number of rotatable bonds is 6. The summed E-state index contributed by atoms with van der Waals surface area (Å²) in [6.07, 6.45) is 1.64. The van der Waals surface area contributed by atoms with Crippen LogP contribution in [0.5, 0.6) is 11.5 Å². The molecule has 3 rings (SSSR count). The van der Waals surface area contributed by atoms with Crippen molar-refractivity contribution >= 4 is 23.3 Å². The van der Waals surface area contributed by atoms with Crippen molar-refractivity contribution in [1.29, 1.82) is 0 Å². The van der Waals surface area contributed by atoms with Crippen molar-refractivity contribution in [2.75, 3.05) is 19.5 Å². The highest BCUT2D eigenvalue weighted by atomic mass is 35.5. The van der Waals surface area contributed by atoms with Gasteiger partial charge in [-0.25, -0.2) is 4.68 Å². The highest BCUT2D eigenvalue weighted by Crippen LogP contribution is 2.36. The van der Waals surface area contributed by atoms with Crippen LogP contribution in [-0.2, 0) is 6.54 Å². The van der Waals surface area contributed by atoms with Crippen molar-refractivity contribution in [1.82, 2.24) is 9.78 Å². The Labute approximate surface area is 156 Å². The fraction of sp³-hybridized carbons (Fsp3) is 0.158. The third kappa shape index (κ3) is 3.81. The zero-order valence-corrected chi connectivity index (χ0v) is 15.2. The van der Waals surface area contributed by atoms with Gasteiger partial charge in [-0.15, -0.1) is 0 Å². The minimum Gasteiger partial charge on any atom is -0.493 e. The van der Waals surface area contributed by atoms with Crippen LogP contribution < -0.4 is 14.8 Å². The zero-order valence-electron chi connectivity index (χ0n) is 14.4. The maximum absolute atomic E-state index is 12.6. The van der Waals surface area contributed by atoms with Gasteiger partial charge in [0.15, 0.2) is 11.5 Å². The second-order valence-corrected chi connectivity index (χ2v) is 5.91. The second-order valence-electron chi connectivity index (χ2n) is 5.51. The van der Waals surface area contributed by atoms with Gasteiger partial charge in [0, 0.05) is 11.6 Å². The summed E-state index contributed by atoms with van der Waals surface area (Å²) in [6, 6.07) is 14.7. The fourth-order valence-electron chi connectivity index (χ4n) is 2.56. The van der Waals surface area contributed by atoms with E-state index in [1.165, 1.54) is 20.3 Å². The van der Waals surface area contributed by atoms with Gasteiger partial charge in [0.25, 0.3) is 5.91 Å². The quantitative estimate of drug-likeness (QED) is 0.714. The van der Waals surface area contributed by atoms with E-state index in [9.17, 15) is 4.79 Å². The van der Waals surface area contributed by atoms with Crippen molar-refractivity contribution in [2.45, 2.75) is 6.54 Å². The molecule has 6 nitrogen and oxygen atoms in total. The van der Waals surface area contributed by atoms with Crippen molar-refractivity contribution < 1.29 is 14.3 Å². The molecule has 3 aromatic rings. The largest absolute Gasteiger partial charge is 0.493 e. The van der Waals surface area contributed by atoms with Crippen molar-refractivity contribution in [3.8, 4) is 11.5 Å². The van der Waals surface area contributed by atoms with Crippen LogP contribution in [0.3, 0.4) is 0 Å². The Kier molecular flexibility index (Phi) is 5.43. The Morgan fingerprint density at radius 3 is 2.62 bits per heavy atom. The Balaban J connectivity index is 1.81. The van der Waals surface area contributed by atoms with Crippen LogP contribution in [0.4, 0.5) is 5.82 Å². The van der Waals surface area contributed by atoms with Gasteiger partial charge in [-0.1, -0.05) is 41.9 Å². The molecule has 0 saturated carbocycles. The van der Waals surface area contributed by atoms with E-state index >= 15 is 0 Å². The predicted octanol–water partition coefficient (Wildman–Crippen LogP) is 3.85. The Hall–Kier alpha value is -2.99. The third-order valence-corrected chi connectivity index (χ3v) is 4.11. The maximum Gasteiger partial charge on any atom is 0.257 e. The van der Waals surface area contributed by atoms with E-state index < -0.39 is 0 Å². The lowest BCUT2D eigenvalue weighted by molar-refractivity contribution is 0.102. The number of nitrogens with zero attached hydrogens (tertiary/aromatic N) is 2. The third-order valence-electron chi connectivity index (χ3n) is 3.83. The van der Waals surface area contributed by atoms with Crippen molar-refractivity contribution in [3.63, 3.8) is 0 Å². The number of methoxy groups -OCH3 is 2. The maximum atomic E-state index is 12.6. The van der Waals surface area contributed by atoms with Crippen molar-refractivity contribution in [3.05, 3.63) is 70.9 Å². The number of anilines is 1. The summed E-state index contributed by atoms with van der Waals surface area (Å²) in [7, 11) is 2.98. The van der Waals surface area contributed by atoms with E-state index in [0.717, 1.165) is 5.56 Å². The zero-order chi connectivity index (χ0) is 18.5. The number of halogens is 1. The minimum absolute atomic E-state index is 0.301. The van der Waals surface area contributed by atoms with Crippen LogP contribution in [0.2, 0.25) is 5.02 Å². The Morgan fingerprint density at radius 1 is 1.15 bits per heavy atom. The average Bonchev–Trinajstić information content (AvgIpc) is 3.08. The molecule has 134 valence electrons. The molecule has 1 aromatic heterocycles. The van der Waals surface area contributed by atoms with Gasteiger partial charge in [-0.2, -0.15) is 5.10 Å². The number of ether oxygens (including phenoxy) is 2. The molecule has 0 fully saturated rings. The lowest BCUT2D eigenvalue weighted by Crippen LogP contribution is -2.16. The summed E-state index contributed by atoms with van der Waals surface area (Å²) in [5.74, 6) is 1.05. The van der Waals surface area contributed by atoms with Gasteiger partial charge >= 0.3 is 0 Å². The van der Waals surface area contributed by atoms with Crippen LogP contribution in [0, 0.1) is 0 Å². The molecular formula is C19H18ClN3O3. The number of aromatic nitrogens is 2. The van der Waals surface area contributed by atoms with Crippen molar-refractivity contribution in [2.24, 2.45) is 0 Å². The molecule has 0 aliphatic carbocycles. The van der Waals surface area contributed by atoms with Gasteiger partial charge in [-0.3, -0.25) is 4.79 Å². The number of benzene rings is 2. The molecule has 0 radical (unpaired) electrons. The van der Waals surface area contributed by atoms with E-state index in [1.54, 1.807) is 23.0 Å². The number of hydrogen-bond acceptors (Lipinski definition) is 4. The van der Waals surface area contributed by atoms with Crippen LogP contribution in [0.25, 0.3) is 0 Å². The lowest BCUT2D eigenvalue weighted by atomic mass is 10.2. The highest BCUT2D eigenvalue weighted by molar-refractivity contribution is 6.32. The molecule has 0 aliphatic heterocycles. The molecule has 0 saturated heterocycles. The predicted molar refractivity (Wildman–Crippen MR) is 100 cm³/mol. The first-order valence-electron chi connectivity index (χ1n) is 7.91. The van der Waals surface area contributed by atoms with E-state index in [2.05, 4.69) is 10.4 Å². The topological polar surface area (TPSA) is 65.4 Å². The normalized spacial score (nSPS) is 10.4. The van der Waals surface area contributed by atoms with E-state index in [-0.39, 0.29) is 5.91 Å². The number of hydrogen-bond donors (Lipinski definition) is 1. The molecule has 7 heteroatoms. The molecule has 26 heavy (non-hydrogen) atoms. The number of nitrogens with one attached hydrogen (secondary N) is 1. The summed E-state index contributed by atoms with van der Waals surface area (Å²) in [5, 5.41) is 7.42. The SMILES string of the molecule is COc1cc(C(=O)Nc2ccnn2Cc2ccccc2)cc(Cl)c1OC. The van der Waals surface area contributed by atoms with Gasteiger partial charge in [0.1, 0.15) is 5.82 Å². The molecular weight excluding hydrogens is 354 g/mol. The number of carbonyl (C=O) groups is 1. The molecule has 0 atom stereocenters. The van der Waals surface area contributed by atoms with Crippen LogP contribution >= 0.6 is 11.6 Å². The fourth-order valence-corrected chi connectivity index (χ4v) is 2.85. The first kappa shape index (κ1) is 17.8. The molecule has 0 spiro atoms. The summed E-state index contributed by atoms with van der Waals surface area (Å²) in [4.78, 5) is 12.6. The minimum atomic E-state index is -0.317. The summed E-state index contributed by atoms with van der Waals surface area (Å²) in [5.41, 5.74) is 1.45. The number of carbonyl (C=O) groups excluding carboxylic acids is 1. The smallest absolute Gasteiger partial charge is 0.257 e. The standard InChI is InChI=1S/C19H18ClN3O3/c1-25-16-11-14(10-15(20)18(16)26-2)19(24)22-17-8-9-21-23(17)12-13-6-4-3-5-7-13/h3-11H,12H2,1-2H3,(H,22,24). The van der Waals surface area contributed by atoms with Gasteiger partial charge in [-0.05, 0) is 17.7 Å². The summed E-state index contributed by atoms with van der Waals surface area (Å²) >= 11 is 6.18. The Morgan fingerprint density at radius 2 is 1.92 bits per heavy atom. The average molecular weight is 372 g/mol. The molecule has 0 bridgehead atoms. The summed E-state index contributed by atoms with van der Waals surface area (Å²) < 4.78 is 12.1. The van der Waals surface area contributed by atoms with Gasteiger partial charge in [0.05, 0.1) is 32.0 Å². The Bertz CT molecular complexity index is 910. The molecule has 1 amide bonds. The molecule has 1 heterocycles. The van der Waals surface area contributed by atoms with Gasteiger partial charge in [0.2, 0.25) is 0 Å². The van der Waals surface area contributed by atoms with Crippen LogP contribution in [0.1, 0.15) is 15.9 Å². The monoisotopic (exact) mass is 371 g/mol. The molecule has 0 aliphatic rings. The van der Waals surface area contributed by atoms with E-state index in [4.69, 9.17) is 21.1 Å². The van der Waals surface area contributed by atoms with E-state index in [0.29, 0.717) is 34.4 Å². The first-order chi connectivity index (χ1) is 12.6. The number of amides is 1. The van der Waals surface area contributed by atoms with Crippen LogP contribution in [0.15, 0.2) is 54.7 Å². The van der Waals surface area contributed by atoms with Gasteiger partial charge < -0.3 is 14.8 Å². The molecule has 1 N–H and O–H groups in total. The lowest BCUT2D eigenvalue weighted by Gasteiger charge is -2.13. The molecule has 0 unspecified atom stereocenters. The molecule has 2 aromatic carbocycles. The van der Waals surface area contributed by atoms with Crippen LogP contribution in [-0.4, -0.2) is 29.9 Å². The summed E-state index contributed by atoms with van der Waals surface area (Å²) in [6.45, 7) is 0.552.